The molecule has 0 N–H and O–H groups in total. The van der Waals surface area contributed by atoms with E-state index in [1.807, 2.05) is 30.3 Å². The van der Waals surface area contributed by atoms with Crippen LogP contribution in [0.2, 0.25) is 0 Å². The molecule has 2 aromatic heterocycles. The van der Waals surface area contributed by atoms with Crippen molar-refractivity contribution in [2.75, 3.05) is 0 Å². The number of imidazole rings is 2. The second-order valence-electron chi connectivity index (χ2n) is 10.0. The molecule has 6 rings (SSSR count). The molecule has 0 amide bonds. The van der Waals surface area contributed by atoms with Gasteiger partial charge in [0.25, 0.3) is 0 Å². The Morgan fingerprint density at radius 2 is 1.56 bits per heavy atom. The summed E-state index contributed by atoms with van der Waals surface area (Å²) in [6.45, 7) is 8.12. The normalized spacial score (nSPS) is 11.3. The summed E-state index contributed by atoms with van der Waals surface area (Å²) >= 11 is 0. The maximum absolute atomic E-state index is 9.52. The molecule has 0 aliphatic carbocycles. The lowest BCUT2D eigenvalue weighted by atomic mass is 9.99. The molecule has 5 heteroatoms. The second kappa shape index (κ2) is 10.2. The molecular formula is C34H31N5. The Balaban J connectivity index is 1.44. The molecule has 5 nitrogen and oxygen atoms in total. The lowest BCUT2D eigenvalue weighted by Gasteiger charge is -2.12. The summed E-state index contributed by atoms with van der Waals surface area (Å²) in [6.07, 6.45) is 1.95. The smallest absolute Gasteiger partial charge is 0.141 e. The molecule has 0 saturated heterocycles. The highest BCUT2D eigenvalue weighted by Crippen LogP contribution is 2.31. The van der Waals surface area contributed by atoms with E-state index in [1.165, 1.54) is 5.56 Å². The van der Waals surface area contributed by atoms with Crippen LogP contribution in [0.25, 0.3) is 44.6 Å². The number of hydrogen-bond donors (Lipinski definition) is 0. The number of aromatic nitrogens is 4. The number of para-hydroxylation sites is 2. The number of nitrogens with zero attached hydrogens (tertiary/aromatic N) is 5. The van der Waals surface area contributed by atoms with E-state index in [1.54, 1.807) is 0 Å². The summed E-state index contributed by atoms with van der Waals surface area (Å²) in [5.41, 5.74) is 10.6. The minimum atomic E-state index is 0.692. The third-order valence-electron chi connectivity index (χ3n) is 7.48. The summed E-state index contributed by atoms with van der Waals surface area (Å²) in [5.74, 6) is 2.10. The molecule has 0 spiro atoms. The summed E-state index contributed by atoms with van der Waals surface area (Å²) < 4.78 is 4.66. The monoisotopic (exact) mass is 509 g/mol. The van der Waals surface area contributed by atoms with E-state index in [0.717, 1.165) is 81.9 Å². The van der Waals surface area contributed by atoms with Gasteiger partial charge in [-0.1, -0.05) is 61.5 Å². The predicted octanol–water partition coefficient (Wildman–Crippen LogP) is 7.92. The lowest BCUT2D eigenvalue weighted by molar-refractivity contribution is 0.722. The summed E-state index contributed by atoms with van der Waals surface area (Å²) in [5, 5.41) is 9.52. The van der Waals surface area contributed by atoms with E-state index in [9.17, 15) is 5.26 Å². The van der Waals surface area contributed by atoms with E-state index in [0.29, 0.717) is 5.56 Å². The van der Waals surface area contributed by atoms with Crippen LogP contribution in [-0.4, -0.2) is 19.1 Å². The number of nitriles is 1. The van der Waals surface area contributed by atoms with Crippen LogP contribution >= 0.6 is 0 Å². The first-order valence-electron chi connectivity index (χ1n) is 13.6. The Morgan fingerprint density at radius 3 is 2.33 bits per heavy atom. The number of aryl methyl sites for hydroxylation is 3. The minimum Gasteiger partial charge on any atom is -0.324 e. The molecule has 0 radical (unpaired) electrons. The molecular weight excluding hydrogens is 478 g/mol. The molecule has 4 aromatic carbocycles. The van der Waals surface area contributed by atoms with Crippen molar-refractivity contribution in [2.45, 2.75) is 46.7 Å². The van der Waals surface area contributed by atoms with Crippen LogP contribution in [-0.2, 0) is 19.5 Å². The van der Waals surface area contributed by atoms with Crippen LogP contribution in [0.1, 0.15) is 42.8 Å². The largest absolute Gasteiger partial charge is 0.324 e. The number of hydrogen-bond acceptors (Lipinski definition) is 3. The fourth-order valence-corrected chi connectivity index (χ4v) is 5.58. The van der Waals surface area contributed by atoms with Gasteiger partial charge in [-0.25, -0.2) is 9.97 Å². The zero-order valence-electron chi connectivity index (χ0n) is 22.6. The van der Waals surface area contributed by atoms with Crippen molar-refractivity contribution in [3.05, 3.63) is 107 Å². The highest BCUT2D eigenvalue weighted by molar-refractivity contribution is 5.87. The average Bonchev–Trinajstić information content (AvgIpc) is 3.52. The van der Waals surface area contributed by atoms with E-state index in [2.05, 4.69) is 90.6 Å². The fourth-order valence-electron chi connectivity index (χ4n) is 5.58. The van der Waals surface area contributed by atoms with Crippen molar-refractivity contribution in [2.24, 2.45) is 0 Å². The van der Waals surface area contributed by atoms with Gasteiger partial charge in [0, 0.05) is 25.1 Å². The number of rotatable bonds is 7. The topological polar surface area (TPSA) is 59.4 Å². The lowest BCUT2D eigenvalue weighted by Crippen LogP contribution is -2.05. The van der Waals surface area contributed by atoms with Crippen LogP contribution in [0.4, 0.5) is 0 Å². The van der Waals surface area contributed by atoms with Crippen LogP contribution in [0, 0.1) is 18.3 Å². The maximum Gasteiger partial charge on any atom is 0.141 e. The van der Waals surface area contributed by atoms with Gasteiger partial charge >= 0.3 is 0 Å². The van der Waals surface area contributed by atoms with E-state index < -0.39 is 0 Å². The van der Waals surface area contributed by atoms with Gasteiger partial charge in [-0.05, 0) is 72.9 Å². The van der Waals surface area contributed by atoms with Gasteiger partial charge in [0.05, 0.1) is 33.7 Å². The van der Waals surface area contributed by atoms with Crippen LogP contribution in [0.15, 0.2) is 84.9 Å². The van der Waals surface area contributed by atoms with Crippen molar-refractivity contribution < 1.29 is 0 Å². The third-order valence-corrected chi connectivity index (χ3v) is 7.48. The van der Waals surface area contributed by atoms with E-state index >= 15 is 0 Å². The van der Waals surface area contributed by atoms with Gasteiger partial charge < -0.3 is 9.13 Å². The molecule has 0 aliphatic rings. The molecule has 0 unspecified atom stereocenters. The molecule has 6 aromatic rings. The molecule has 0 atom stereocenters. The van der Waals surface area contributed by atoms with Gasteiger partial charge in [0.15, 0.2) is 0 Å². The maximum atomic E-state index is 9.52. The Morgan fingerprint density at radius 1 is 0.795 bits per heavy atom. The summed E-state index contributed by atoms with van der Waals surface area (Å²) in [7, 11) is 0. The van der Waals surface area contributed by atoms with E-state index in [4.69, 9.17) is 9.97 Å². The predicted molar refractivity (Wildman–Crippen MR) is 159 cm³/mol. The van der Waals surface area contributed by atoms with Crippen LogP contribution in [0.3, 0.4) is 0 Å². The van der Waals surface area contributed by atoms with Crippen molar-refractivity contribution in [1.82, 2.24) is 19.1 Å². The standard InChI is InChI=1S/C34H31N5/c1-4-10-32-37-33-23(3)19-27(34-36-29-13-8-9-14-30(29)38(34)5-2)20-31(33)39(32)22-24-15-17-25(18-16-24)28-12-7-6-11-26(28)21-35/h6-9,11-20H,4-5,10,22H2,1-3H3. The molecule has 0 saturated carbocycles. The number of fused-ring (bicyclic) bond motifs is 2. The van der Waals surface area contributed by atoms with E-state index in [-0.39, 0.29) is 0 Å². The zero-order valence-corrected chi connectivity index (χ0v) is 22.6. The van der Waals surface area contributed by atoms with Crippen molar-refractivity contribution in [1.29, 1.82) is 5.26 Å². The minimum absolute atomic E-state index is 0.692. The molecule has 2 heterocycles. The van der Waals surface area contributed by atoms with Gasteiger partial charge in [0.1, 0.15) is 11.6 Å². The summed E-state index contributed by atoms with van der Waals surface area (Å²) in [4.78, 5) is 10.1. The fraction of sp³-hybridized carbons (Fsp3) is 0.206. The first-order valence-corrected chi connectivity index (χ1v) is 13.6. The highest BCUT2D eigenvalue weighted by atomic mass is 15.1. The molecule has 39 heavy (non-hydrogen) atoms. The van der Waals surface area contributed by atoms with Gasteiger partial charge in [-0.2, -0.15) is 5.26 Å². The van der Waals surface area contributed by atoms with Crippen molar-refractivity contribution in [3.8, 4) is 28.6 Å². The molecule has 0 aliphatic heterocycles. The first-order chi connectivity index (χ1) is 19.1. The quantitative estimate of drug-likeness (QED) is 0.220. The zero-order chi connectivity index (χ0) is 26.9. The Kier molecular flexibility index (Phi) is 6.46. The Hall–Kier alpha value is -4.69. The second-order valence-corrected chi connectivity index (χ2v) is 10.0. The molecule has 192 valence electrons. The highest BCUT2D eigenvalue weighted by Gasteiger charge is 2.18. The number of benzene rings is 4. The van der Waals surface area contributed by atoms with Crippen LogP contribution in [0.5, 0.6) is 0 Å². The van der Waals surface area contributed by atoms with Crippen LogP contribution < -0.4 is 0 Å². The summed E-state index contributed by atoms with van der Waals surface area (Å²) in [6, 6.07) is 31.5. The Bertz CT molecular complexity index is 1850. The molecule has 0 bridgehead atoms. The molecule has 0 fully saturated rings. The van der Waals surface area contributed by atoms with Gasteiger partial charge in [-0.3, -0.25) is 0 Å². The van der Waals surface area contributed by atoms with Crippen molar-refractivity contribution >= 4 is 22.1 Å². The third kappa shape index (κ3) is 4.38. The van der Waals surface area contributed by atoms with Crippen molar-refractivity contribution in [3.63, 3.8) is 0 Å². The Labute approximate surface area is 229 Å². The van der Waals surface area contributed by atoms with Gasteiger partial charge in [-0.15, -0.1) is 0 Å². The van der Waals surface area contributed by atoms with Gasteiger partial charge in [0.2, 0.25) is 0 Å². The first kappa shape index (κ1) is 24.6. The average molecular weight is 510 g/mol. The SMILES string of the molecule is CCCc1nc2c(C)cc(-c3nc4ccccc4n3CC)cc2n1Cc1ccc(-c2ccccc2C#N)cc1.